The molecule has 3 rings (SSSR count). The lowest BCUT2D eigenvalue weighted by Gasteiger charge is -2.01. The third-order valence-electron chi connectivity index (χ3n) is 2.99. The van der Waals surface area contributed by atoms with Gasteiger partial charge in [0.15, 0.2) is 6.61 Å². The standard InChI is InChI=1S/C16H13NO3S/c1-10-3-2-4-11(7-10)16-17-13-6-5-12(8-14(13)21-16)20-9-15(18)19/h2-8H,9H2,1H3,(H,18,19). The molecule has 0 unspecified atom stereocenters. The number of carboxylic acid groups (broad SMARTS) is 1. The number of carbonyl (C=O) groups is 1. The fourth-order valence-corrected chi connectivity index (χ4v) is 3.03. The van der Waals surface area contributed by atoms with Crippen molar-refractivity contribution in [1.29, 1.82) is 0 Å². The van der Waals surface area contributed by atoms with Gasteiger partial charge in [0.2, 0.25) is 0 Å². The first-order valence-electron chi connectivity index (χ1n) is 6.44. The second-order valence-corrected chi connectivity index (χ2v) is 5.73. The Hall–Kier alpha value is -2.40. The Labute approximate surface area is 125 Å². The number of benzene rings is 2. The molecule has 2 aromatic carbocycles. The summed E-state index contributed by atoms with van der Waals surface area (Å²) in [4.78, 5) is 15.1. The summed E-state index contributed by atoms with van der Waals surface area (Å²) >= 11 is 1.57. The molecule has 21 heavy (non-hydrogen) atoms. The summed E-state index contributed by atoms with van der Waals surface area (Å²) in [5.41, 5.74) is 3.17. The number of rotatable bonds is 4. The summed E-state index contributed by atoms with van der Waals surface area (Å²) in [6.45, 7) is 1.71. The minimum atomic E-state index is -0.986. The second-order valence-electron chi connectivity index (χ2n) is 4.70. The molecule has 1 N–H and O–H groups in total. The molecular weight excluding hydrogens is 286 g/mol. The maximum atomic E-state index is 10.5. The highest BCUT2D eigenvalue weighted by Crippen LogP contribution is 2.32. The van der Waals surface area contributed by atoms with E-state index in [9.17, 15) is 4.79 Å². The van der Waals surface area contributed by atoms with Gasteiger partial charge in [-0.25, -0.2) is 9.78 Å². The number of aliphatic carboxylic acids is 1. The molecule has 106 valence electrons. The molecule has 4 nitrogen and oxygen atoms in total. The van der Waals surface area contributed by atoms with Crippen LogP contribution in [0, 0.1) is 6.92 Å². The number of aromatic nitrogens is 1. The fraction of sp³-hybridized carbons (Fsp3) is 0.125. The van der Waals surface area contributed by atoms with Crippen LogP contribution in [0.5, 0.6) is 5.75 Å². The quantitative estimate of drug-likeness (QED) is 0.797. The van der Waals surface area contributed by atoms with E-state index >= 15 is 0 Å². The van der Waals surface area contributed by atoms with Gasteiger partial charge in [0.25, 0.3) is 0 Å². The summed E-state index contributed by atoms with van der Waals surface area (Å²) < 4.78 is 6.17. The fourth-order valence-electron chi connectivity index (χ4n) is 2.04. The minimum absolute atomic E-state index is 0.338. The topological polar surface area (TPSA) is 59.4 Å². The molecule has 0 aliphatic carbocycles. The van der Waals surface area contributed by atoms with Crippen LogP contribution < -0.4 is 4.74 Å². The van der Waals surface area contributed by atoms with E-state index in [-0.39, 0.29) is 6.61 Å². The van der Waals surface area contributed by atoms with Gasteiger partial charge in [0, 0.05) is 5.56 Å². The molecule has 0 bridgehead atoms. The number of thiazole rings is 1. The van der Waals surface area contributed by atoms with E-state index in [4.69, 9.17) is 9.84 Å². The first kappa shape index (κ1) is 13.6. The Bertz CT molecular complexity index is 810. The minimum Gasteiger partial charge on any atom is -0.482 e. The summed E-state index contributed by atoms with van der Waals surface area (Å²) in [6.07, 6.45) is 0. The van der Waals surface area contributed by atoms with Gasteiger partial charge in [-0.05, 0) is 31.2 Å². The second kappa shape index (κ2) is 5.54. The zero-order valence-corrected chi connectivity index (χ0v) is 12.2. The average molecular weight is 299 g/mol. The molecule has 0 saturated heterocycles. The molecule has 3 aromatic rings. The maximum absolute atomic E-state index is 10.5. The van der Waals surface area contributed by atoms with Crippen LogP contribution in [-0.4, -0.2) is 22.7 Å². The number of ether oxygens (including phenoxy) is 1. The van der Waals surface area contributed by atoms with Crippen molar-refractivity contribution in [1.82, 2.24) is 4.98 Å². The van der Waals surface area contributed by atoms with Crippen LogP contribution in [-0.2, 0) is 4.79 Å². The van der Waals surface area contributed by atoms with E-state index < -0.39 is 5.97 Å². The van der Waals surface area contributed by atoms with E-state index in [1.54, 1.807) is 17.4 Å². The molecule has 0 saturated carbocycles. The van der Waals surface area contributed by atoms with Gasteiger partial charge in [-0.1, -0.05) is 23.8 Å². The Morgan fingerprint density at radius 2 is 2.14 bits per heavy atom. The lowest BCUT2D eigenvalue weighted by molar-refractivity contribution is -0.139. The number of carboxylic acids is 1. The van der Waals surface area contributed by atoms with Crippen LogP contribution in [0.1, 0.15) is 5.56 Å². The third kappa shape index (κ3) is 3.03. The molecule has 5 heteroatoms. The Balaban J connectivity index is 1.94. The van der Waals surface area contributed by atoms with Crippen LogP contribution in [0.25, 0.3) is 20.8 Å². The molecule has 0 fully saturated rings. The van der Waals surface area contributed by atoms with Gasteiger partial charge in [-0.2, -0.15) is 0 Å². The first-order valence-corrected chi connectivity index (χ1v) is 7.26. The molecule has 0 spiro atoms. The smallest absolute Gasteiger partial charge is 0.341 e. The molecule has 0 amide bonds. The highest BCUT2D eigenvalue weighted by molar-refractivity contribution is 7.21. The van der Waals surface area contributed by atoms with Crippen LogP contribution >= 0.6 is 11.3 Å². The van der Waals surface area contributed by atoms with Crippen LogP contribution in [0.3, 0.4) is 0 Å². The van der Waals surface area contributed by atoms with E-state index in [0.717, 1.165) is 20.8 Å². The highest BCUT2D eigenvalue weighted by Gasteiger charge is 2.08. The van der Waals surface area contributed by atoms with E-state index in [1.807, 2.05) is 24.3 Å². The number of fused-ring (bicyclic) bond motifs is 1. The highest BCUT2D eigenvalue weighted by atomic mass is 32.1. The SMILES string of the molecule is Cc1cccc(-c2nc3ccc(OCC(=O)O)cc3s2)c1. The van der Waals surface area contributed by atoms with E-state index in [2.05, 4.69) is 24.0 Å². The maximum Gasteiger partial charge on any atom is 0.341 e. The Morgan fingerprint density at radius 1 is 1.29 bits per heavy atom. The van der Waals surface area contributed by atoms with Crippen LogP contribution in [0.2, 0.25) is 0 Å². The van der Waals surface area contributed by atoms with Crippen molar-refractivity contribution in [2.45, 2.75) is 6.92 Å². The number of aryl methyl sites for hydroxylation is 1. The van der Waals surface area contributed by atoms with Crippen molar-refractivity contribution in [2.75, 3.05) is 6.61 Å². The molecule has 0 atom stereocenters. The third-order valence-corrected chi connectivity index (χ3v) is 4.05. The largest absolute Gasteiger partial charge is 0.482 e. The zero-order chi connectivity index (χ0) is 14.8. The summed E-state index contributed by atoms with van der Waals surface area (Å²) in [5.74, 6) is -0.441. The number of hydrogen-bond acceptors (Lipinski definition) is 4. The van der Waals surface area contributed by atoms with Crippen molar-refractivity contribution >= 4 is 27.5 Å². The number of hydrogen-bond donors (Lipinski definition) is 1. The lowest BCUT2D eigenvalue weighted by Crippen LogP contribution is -2.09. The van der Waals surface area contributed by atoms with E-state index in [1.165, 1.54) is 5.56 Å². The van der Waals surface area contributed by atoms with Gasteiger partial charge in [-0.15, -0.1) is 11.3 Å². The molecular formula is C16H13NO3S. The van der Waals surface area contributed by atoms with Gasteiger partial charge >= 0.3 is 5.97 Å². The van der Waals surface area contributed by atoms with Crippen molar-refractivity contribution < 1.29 is 14.6 Å². The van der Waals surface area contributed by atoms with Crippen molar-refractivity contribution in [3.05, 3.63) is 48.0 Å². The van der Waals surface area contributed by atoms with Gasteiger partial charge < -0.3 is 9.84 Å². The summed E-state index contributed by atoms with van der Waals surface area (Å²) in [6, 6.07) is 13.6. The normalized spacial score (nSPS) is 10.7. The molecule has 0 aliphatic heterocycles. The molecule has 0 radical (unpaired) electrons. The lowest BCUT2D eigenvalue weighted by atomic mass is 10.1. The Morgan fingerprint density at radius 3 is 2.90 bits per heavy atom. The first-order chi connectivity index (χ1) is 10.1. The summed E-state index contributed by atoms with van der Waals surface area (Å²) in [5, 5.41) is 9.58. The Kier molecular flexibility index (Phi) is 3.58. The average Bonchev–Trinajstić information content (AvgIpc) is 2.88. The van der Waals surface area contributed by atoms with E-state index in [0.29, 0.717) is 5.75 Å². The number of nitrogens with zero attached hydrogens (tertiary/aromatic N) is 1. The van der Waals surface area contributed by atoms with Crippen LogP contribution in [0.4, 0.5) is 0 Å². The van der Waals surface area contributed by atoms with Crippen molar-refractivity contribution in [3.63, 3.8) is 0 Å². The van der Waals surface area contributed by atoms with Gasteiger partial charge in [-0.3, -0.25) is 0 Å². The molecule has 1 aromatic heterocycles. The van der Waals surface area contributed by atoms with Crippen molar-refractivity contribution in [2.24, 2.45) is 0 Å². The zero-order valence-electron chi connectivity index (χ0n) is 11.4. The predicted molar refractivity (Wildman–Crippen MR) is 82.9 cm³/mol. The predicted octanol–water partition coefficient (Wildman–Crippen LogP) is 3.74. The summed E-state index contributed by atoms with van der Waals surface area (Å²) in [7, 11) is 0. The van der Waals surface area contributed by atoms with Gasteiger partial charge in [0.1, 0.15) is 10.8 Å². The monoisotopic (exact) mass is 299 g/mol. The van der Waals surface area contributed by atoms with Crippen molar-refractivity contribution in [3.8, 4) is 16.3 Å². The molecule has 0 aliphatic rings. The molecule has 1 heterocycles. The van der Waals surface area contributed by atoms with Crippen LogP contribution in [0.15, 0.2) is 42.5 Å². The van der Waals surface area contributed by atoms with Gasteiger partial charge in [0.05, 0.1) is 10.2 Å².